The summed E-state index contributed by atoms with van der Waals surface area (Å²) in [6, 6.07) is 17.6. The molecule has 1 fully saturated rings. The quantitative estimate of drug-likeness (QED) is 0.309. The maximum Gasteiger partial charge on any atom is 0.233 e. The summed E-state index contributed by atoms with van der Waals surface area (Å²) in [6.07, 6.45) is 3.45. The van der Waals surface area contributed by atoms with Gasteiger partial charge in [-0.05, 0) is 54.1 Å². The smallest absolute Gasteiger partial charge is 0.233 e. The summed E-state index contributed by atoms with van der Waals surface area (Å²) < 4.78 is 18.2. The average molecular weight is 545 g/mol. The first-order valence-electron chi connectivity index (χ1n) is 12.7. The molecule has 0 spiro atoms. The van der Waals surface area contributed by atoms with Gasteiger partial charge in [-0.15, -0.1) is 10.2 Å². The minimum Gasteiger partial charge on any atom is -0.497 e. The fourth-order valence-electron chi connectivity index (χ4n) is 4.69. The number of amides is 1. The Labute approximate surface area is 230 Å². The van der Waals surface area contributed by atoms with Gasteiger partial charge in [0.1, 0.15) is 5.75 Å². The van der Waals surface area contributed by atoms with Gasteiger partial charge in [-0.3, -0.25) is 19.2 Å². The van der Waals surface area contributed by atoms with Crippen LogP contribution in [0.15, 0.2) is 72.1 Å². The molecule has 1 saturated heterocycles. The monoisotopic (exact) mass is 544 g/mol. The van der Waals surface area contributed by atoms with Crippen molar-refractivity contribution in [3.63, 3.8) is 0 Å². The van der Waals surface area contributed by atoms with Crippen molar-refractivity contribution in [3.05, 3.63) is 72.6 Å². The van der Waals surface area contributed by atoms with E-state index in [1.54, 1.807) is 19.5 Å². The predicted octanol–water partition coefficient (Wildman–Crippen LogP) is 3.50. The first-order valence-corrected chi connectivity index (χ1v) is 13.7. The van der Waals surface area contributed by atoms with Crippen molar-refractivity contribution < 1.29 is 19.0 Å². The molecule has 0 radical (unpaired) electrons. The predicted molar refractivity (Wildman–Crippen MR) is 146 cm³/mol. The number of hydrogen-bond donors (Lipinski definition) is 0. The molecule has 2 aliphatic heterocycles. The normalized spacial score (nSPS) is 14.9. The van der Waals surface area contributed by atoms with Gasteiger partial charge >= 0.3 is 0 Å². The van der Waals surface area contributed by atoms with Gasteiger partial charge in [0.15, 0.2) is 22.5 Å². The lowest BCUT2D eigenvalue weighted by molar-refractivity contribution is -0.130. The van der Waals surface area contributed by atoms with Crippen molar-refractivity contribution in [2.75, 3.05) is 45.8 Å². The number of pyridine rings is 1. The van der Waals surface area contributed by atoms with Gasteiger partial charge in [0, 0.05) is 56.4 Å². The first-order chi connectivity index (χ1) is 19.2. The molecular formula is C28H28N6O4S. The molecule has 200 valence electrons. The summed E-state index contributed by atoms with van der Waals surface area (Å²) in [7, 11) is 1.64. The van der Waals surface area contributed by atoms with E-state index >= 15 is 0 Å². The van der Waals surface area contributed by atoms with Crippen LogP contribution < -0.4 is 14.2 Å². The van der Waals surface area contributed by atoms with E-state index in [4.69, 9.17) is 14.2 Å². The van der Waals surface area contributed by atoms with E-state index in [1.165, 1.54) is 17.3 Å². The molecule has 11 heteroatoms. The molecule has 39 heavy (non-hydrogen) atoms. The number of benzene rings is 2. The SMILES string of the molecule is COc1ccc(-n2c(SCC(=O)N3CCN(Cc4ccc5c(c4)OCO5)CC3)nnc2-c2ccncc2)cc1. The van der Waals surface area contributed by atoms with Gasteiger partial charge in [-0.1, -0.05) is 17.8 Å². The summed E-state index contributed by atoms with van der Waals surface area (Å²) in [5.41, 5.74) is 2.96. The van der Waals surface area contributed by atoms with Crippen molar-refractivity contribution in [2.24, 2.45) is 0 Å². The van der Waals surface area contributed by atoms with E-state index in [1.807, 2.05) is 58.0 Å². The Hall–Kier alpha value is -4.09. The van der Waals surface area contributed by atoms with Crippen LogP contribution in [0.25, 0.3) is 17.1 Å². The van der Waals surface area contributed by atoms with E-state index in [0.29, 0.717) is 24.1 Å². The Morgan fingerprint density at radius 2 is 1.72 bits per heavy atom. The maximum absolute atomic E-state index is 13.1. The lowest BCUT2D eigenvalue weighted by Crippen LogP contribution is -2.48. The Morgan fingerprint density at radius 1 is 0.949 bits per heavy atom. The van der Waals surface area contributed by atoms with Gasteiger partial charge in [-0.25, -0.2) is 0 Å². The fraction of sp³-hybridized carbons (Fsp3) is 0.286. The zero-order chi connectivity index (χ0) is 26.6. The van der Waals surface area contributed by atoms with E-state index in [9.17, 15) is 4.79 Å². The molecule has 4 heterocycles. The average Bonchev–Trinajstić information content (AvgIpc) is 3.64. The van der Waals surface area contributed by atoms with Crippen LogP contribution in [0.4, 0.5) is 0 Å². The molecule has 2 aliphatic rings. The van der Waals surface area contributed by atoms with E-state index in [0.717, 1.165) is 48.1 Å². The summed E-state index contributed by atoms with van der Waals surface area (Å²) in [4.78, 5) is 21.5. The van der Waals surface area contributed by atoms with E-state index in [-0.39, 0.29) is 18.5 Å². The van der Waals surface area contributed by atoms with Gasteiger partial charge < -0.3 is 19.1 Å². The minimum atomic E-state index is 0.0949. The third kappa shape index (κ3) is 5.55. The van der Waals surface area contributed by atoms with Crippen molar-refractivity contribution in [1.29, 1.82) is 0 Å². The second kappa shape index (κ2) is 11.3. The lowest BCUT2D eigenvalue weighted by atomic mass is 10.1. The molecule has 0 aliphatic carbocycles. The largest absolute Gasteiger partial charge is 0.497 e. The van der Waals surface area contributed by atoms with E-state index < -0.39 is 0 Å². The van der Waals surface area contributed by atoms with Crippen LogP contribution in [-0.4, -0.2) is 81.3 Å². The van der Waals surface area contributed by atoms with Crippen LogP contribution >= 0.6 is 11.8 Å². The number of carbonyl (C=O) groups is 1. The van der Waals surface area contributed by atoms with Crippen molar-refractivity contribution in [2.45, 2.75) is 11.7 Å². The van der Waals surface area contributed by atoms with Crippen LogP contribution in [0, 0.1) is 0 Å². The number of rotatable bonds is 8. The van der Waals surface area contributed by atoms with Crippen LogP contribution in [-0.2, 0) is 11.3 Å². The zero-order valence-electron chi connectivity index (χ0n) is 21.5. The maximum atomic E-state index is 13.1. The third-order valence-electron chi connectivity index (χ3n) is 6.80. The molecule has 0 bridgehead atoms. The lowest BCUT2D eigenvalue weighted by Gasteiger charge is -2.34. The number of ether oxygens (including phenoxy) is 3. The van der Waals surface area contributed by atoms with Crippen LogP contribution in [0.3, 0.4) is 0 Å². The molecule has 6 rings (SSSR count). The van der Waals surface area contributed by atoms with Gasteiger partial charge in [0.2, 0.25) is 12.7 Å². The molecule has 10 nitrogen and oxygen atoms in total. The molecule has 0 atom stereocenters. The molecule has 0 N–H and O–H groups in total. The van der Waals surface area contributed by atoms with Gasteiger partial charge in [0.05, 0.1) is 12.9 Å². The van der Waals surface area contributed by atoms with Crippen LogP contribution in [0.1, 0.15) is 5.56 Å². The highest BCUT2D eigenvalue weighted by Crippen LogP contribution is 2.33. The Kier molecular flexibility index (Phi) is 7.33. The molecule has 2 aromatic heterocycles. The van der Waals surface area contributed by atoms with Crippen LogP contribution in [0.5, 0.6) is 17.2 Å². The molecular weight excluding hydrogens is 516 g/mol. The summed E-state index contributed by atoms with van der Waals surface area (Å²) in [6.45, 7) is 4.11. The zero-order valence-corrected chi connectivity index (χ0v) is 22.3. The van der Waals surface area contributed by atoms with Crippen molar-refractivity contribution in [1.82, 2.24) is 29.5 Å². The second-order valence-corrected chi connectivity index (χ2v) is 10.2. The number of thioether (sulfide) groups is 1. The second-order valence-electron chi connectivity index (χ2n) is 9.21. The first kappa shape index (κ1) is 25.2. The van der Waals surface area contributed by atoms with E-state index in [2.05, 4.69) is 26.1 Å². The number of aromatic nitrogens is 4. The molecule has 0 saturated carbocycles. The van der Waals surface area contributed by atoms with Gasteiger partial charge in [0.25, 0.3) is 0 Å². The number of fused-ring (bicyclic) bond motifs is 1. The Morgan fingerprint density at radius 3 is 2.49 bits per heavy atom. The number of hydrogen-bond acceptors (Lipinski definition) is 9. The third-order valence-corrected chi connectivity index (χ3v) is 7.71. The molecule has 2 aromatic carbocycles. The standard InChI is InChI=1S/C28H28N6O4S/c1-36-23-5-3-22(4-6-23)34-27(21-8-10-29-11-9-21)30-31-28(34)39-18-26(35)33-14-12-32(13-15-33)17-20-2-7-24-25(16-20)38-19-37-24/h2-11,16H,12-15,17-19H2,1H3. The highest BCUT2D eigenvalue weighted by Gasteiger charge is 2.24. The number of nitrogens with zero attached hydrogens (tertiary/aromatic N) is 6. The molecule has 4 aromatic rings. The topological polar surface area (TPSA) is 94.8 Å². The molecule has 1 amide bonds. The fourth-order valence-corrected chi connectivity index (χ4v) is 5.54. The molecule has 0 unspecified atom stereocenters. The summed E-state index contributed by atoms with van der Waals surface area (Å²) >= 11 is 1.40. The van der Waals surface area contributed by atoms with Crippen molar-refractivity contribution in [3.8, 4) is 34.3 Å². The minimum absolute atomic E-state index is 0.0949. The highest BCUT2D eigenvalue weighted by atomic mass is 32.2. The number of carbonyl (C=O) groups excluding carboxylic acids is 1. The summed E-state index contributed by atoms with van der Waals surface area (Å²) in [5, 5.41) is 9.54. The number of piperazine rings is 1. The number of methoxy groups -OCH3 is 1. The van der Waals surface area contributed by atoms with Crippen LogP contribution in [0.2, 0.25) is 0 Å². The highest BCUT2D eigenvalue weighted by molar-refractivity contribution is 7.99. The van der Waals surface area contributed by atoms with Crippen molar-refractivity contribution >= 4 is 17.7 Å². The van der Waals surface area contributed by atoms with Gasteiger partial charge in [-0.2, -0.15) is 0 Å². The summed E-state index contributed by atoms with van der Waals surface area (Å²) in [5.74, 6) is 3.43. The Bertz CT molecular complexity index is 1440. The Balaban J connectivity index is 1.10.